The maximum atomic E-state index is 10.8. The number of carboxylic acids is 1. The first-order valence-electron chi connectivity index (χ1n) is 8.34. The highest BCUT2D eigenvalue weighted by molar-refractivity contribution is 5.85. The van der Waals surface area contributed by atoms with Crippen LogP contribution < -0.4 is 22.8 Å². The molecule has 0 fully saturated rings. The maximum Gasteiger partial charge on any atom is 0.306 e. The standard InChI is InChI=1S/C10H10N2.C8H18N4O2/c1-7-2-3-10-8(4-7)5-9(11)6-12-10;1-5(2)3-6(8(13)14)4-7(11-9)12-10/h2-6H,11H2,1H3;5-6H,3-4,9-10H2,1-2H3,(H,11,12)(H,13,14). The summed E-state index contributed by atoms with van der Waals surface area (Å²) in [5.41, 5.74) is 10.8. The van der Waals surface area contributed by atoms with E-state index in [0.29, 0.717) is 23.9 Å². The number of carboxylic acid groups (broad SMARTS) is 1. The second-order valence-corrected chi connectivity index (χ2v) is 6.55. The van der Waals surface area contributed by atoms with Gasteiger partial charge in [-0.25, -0.2) is 5.84 Å². The minimum Gasteiger partial charge on any atom is -0.481 e. The van der Waals surface area contributed by atoms with Crippen molar-refractivity contribution >= 4 is 28.4 Å². The number of fused-ring (bicyclic) bond motifs is 1. The van der Waals surface area contributed by atoms with Crippen molar-refractivity contribution in [3.05, 3.63) is 36.0 Å². The first kappa shape index (κ1) is 21.2. The molecule has 0 amide bonds. The van der Waals surface area contributed by atoms with Gasteiger partial charge in [0.25, 0.3) is 0 Å². The number of nitrogens with zero attached hydrogens (tertiary/aromatic N) is 2. The number of rotatable bonds is 5. The summed E-state index contributed by atoms with van der Waals surface area (Å²) in [6.45, 7) is 5.98. The molecule has 1 unspecified atom stereocenters. The molecule has 1 heterocycles. The van der Waals surface area contributed by atoms with Gasteiger partial charge in [-0.05, 0) is 37.5 Å². The molecule has 0 spiro atoms. The van der Waals surface area contributed by atoms with Crippen molar-refractivity contribution in [1.82, 2.24) is 10.4 Å². The van der Waals surface area contributed by atoms with Crippen molar-refractivity contribution < 1.29 is 9.90 Å². The predicted octanol–water partition coefficient (Wildman–Crippen LogP) is 1.98. The van der Waals surface area contributed by atoms with Crippen LogP contribution in [0.4, 0.5) is 5.69 Å². The van der Waals surface area contributed by atoms with Gasteiger partial charge in [-0.1, -0.05) is 25.5 Å². The smallest absolute Gasteiger partial charge is 0.306 e. The van der Waals surface area contributed by atoms with Gasteiger partial charge in [-0.15, -0.1) is 0 Å². The number of amidine groups is 1. The number of hydrogen-bond acceptors (Lipinski definition) is 6. The number of aryl methyl sites for hydroxylation is 1. The van der Waals surface area contributed by atoms with E-state index in [9.17, 15) is 4.79 Å². The Balaban J connectivity index is 0.000000262. The van der Waals surface area contributed by atoms with Crippen molar-refractivity contribution in [2.24, 2.45) is 28.6 Å². The number of hydrogen-bond donors (Lipinski definition) is 5. The molecule has 0 radical (unpaired) electrons. The number of aromatic nitrogens is 1. The third kappa shape index (κ3) is 6.94. The quantitative estimate of drug-likeness (QED) is 0.236. The summed E-state index contributed by atoms with van der Waals surface area (Å²) in [6, 6.07) is 8.07. The number of carbonyl (C=O) groups is 1. The Morgan fingerprint density at radius 3 is 2.58 bits per heavy atom. The Kier molecular flexibility index (Phi) is 8.30. The number of nitrogens with one attached hydrogen (secondary N) is 1. The third-order valence-corrected chi connectivity index (χ3v) is 3.73. The number of anilines is 1. The SMILES string of the molecule is CC(C)CC(C/C(=N/N)NN)C(=O)O.Cc1ccc2ncc(N)cc2c1. The molecule has 1 aromatic carbocycles. The van der Waals surface area contributed by atoms with Gasteiger partial charge >= 0.3 is 5.97 Å². The normalized spacial score (nSPS) is 12.4. The summed E-state index contributed by atoms with van der Waals surface area (Å²) >= 11 is 0. The van der Waals surface area contributed by atoms with Crippen molar-refractivity contribution in [2.45, 2.75) is 33.6 Å². The minimum absolute atomic E-state index is 0.237. The summed E-state index contributed by atoms with van der Waals surface area (Å²) in [5, 5.41) is 13.4. The lowest BCUT2D eigenvalue weighted by molar-refractivity contribution is -0.142. The van der Waals surface area contributed by atoms with E-state index in [4.69, 9.17) is 22.5 Å². The van der Waals surface area contributed by atoms with Crippen LogP contribution >= 0.6 is 0 Å². The molecular weight excluding hydrogens is 332 g/mol. The van der Waals surface area contributed by atoms with Gasteiger partial charge < -0.3 is 22.1 Å². The van der Waals surface area contributed by atoms with Crippen molar-refractivity contribution in [2.75, 3.05) is 5.73 Å². The van der Waals surface area contributed by atoms with Gasteiger partial charge in [0.2, 0.25) is 0 Å². The second-order valence-electron chi connectivity index (χ2n) is 6.55. The number of aliphatic carboxylic acids is 1. The van der Waals surface area contributed by atoms with Crippen LogP contribution in [0, 0.1) is 18.8 Å². The van der Waals surface area contributed by atoms with Crippen LogP contribution in [0.1, 0.15) is 32.3 Å². The van der Waals surface area contributed by atoms with Gasteiger partial charge in [0, 0.05) is 11.8 Å². The zero-order valence-electron chi connectivity index (χ0n) is 15.4. The van der Waals surface area contributed by atoms with Gasteiger partial charge in [0.1, 0.15) is 5.84 Å². The number of hydrazine groups is 1. The molecule has 0 bridgehead atoms. The Morgan fingerprint density at radius 1 is 1.35 bits per heavy atom. The first-order chi connectivity index (χ1) is 12.3. The fraction of sp³-hybridized carbons (Fsp3) is 0.389. The minimum atomic E-state index is -0.852. The number of benzene rings is 1. The maximum absolute atomic E-state index is 10.8. The molecule has 0 aliphatic heterocycles. The summed E-state index contributed by atoms with van der Waals surface area (Å²) in [5.74, 6) is 9.40. The molecule has 26 heavy (non-hydrogen) atoms. The number of hydrazone groups is 1. The van der Waals surface area contributed by atoms with Gasteiger partial charge in [-0.3, -0.25) is 9.78 Å². The van der Waals surface area contributed by atoms with E-state index in [1.807, 2.05) is 32.0 Å². The van der Waals surface area contributed by atoms with Crippen LogP contribution in [0.5, 0.6) is 0 Å². The highest BCUT2D eigenvalue weighted by Gasteiger charge is 2.20. The summed E-state index contributed by atoms with van der Waals surface area (Å²) in [6.07, 6.45) is 2.49. The molecular formula is C18H28N6O2. The molecule has 0 saturated heterocycles. The summed E-state index contributed by atoms with van der Waals surface area (Å²) in [7, 11) is 0. The molecule has 0 saturated carbocycles. The summed E-state index contributed by atoms with van der Waals surface area (Å²) < 4.78 is 0. The lowest BCUT2D eigenvalue weighted by atomic mass is 9.94. The van der Waals surface area contributed by atoms with E-state index >= 15 is 0 Å². The lowest BCUT2D eigenvalue weighted by Crippen LogP contribution is -2.34. The van der Waals surface area contributed by atoms with Gasteiger partial charge in [-0.2, -0.15) is 5.10 Å². The molecule has 1 atom stereocenters. The average molecular weight is 360 g/mol. The molecule has 0 aliphatic carbocycles. The van der Waals surface area contributed by atoms with Crippen LogP contribution in [0.25, 0.3) is 10.9 Å². The molecule has 8 N–H and O–H groups in total. The Labute approximate surface area is 153 Å². The van der Waals surface area contributed by atoms with E-state index in [-0.39, 0.29) is 6.42 Å². The molecule has 142 valence electrons. The lowest BCUT2D eigenvalue weighted by Gasteiger charge is -2.14. The second kappa shape index (κ2) is 10.2. The van der Waals surface area contributed by atoms with Crippen molar-refractivity contribution in [3.8, 4) is 0 Å². The molecule has 1 aromatic heterocycles. The van der Waals surface area contributed by atoms with Crippen molar-refractivity contribution in [1.29, 1.82) is 0 Å². The van der Waals surface area contributed by atoms with Crippen molar-refractivity contribution in [3.63, 3.8) is 0 Å². The van der Waals surface area contributed by atoms with E-state index in [1.54, 1.807) is 6.20 Å². The molecule has 8 heteroatoms. The van der Waals surface area contributed by atoms with Crippen LogP contribution in [0.3, 0.4) is 0 Å². The molecule has 0 aliphatic rings. The Hall–Kier alpha value is -2.87. The third-order valence-electron chi connectivity index (χ3n) is 3.73. The molecule has 8 nitrogen and oxygen atoms in total. The summed E-state index contributed by atoms with van der Waals surface area (Å²) in [4.78, 5) is 15.0. The van der Waals surface area contributed by atoms with Crippen LogP contribution in [0.15, 0.2) is 35.6 Å². The van der Waals surface area contributed by atoms with Gasteiger partial charge in [0.05, 0.1) is 23.3 Å². The van der Waals surface area contributed by atoms with Crippen LogP contribution in [-0.2, 0) is 4.79 Å². The fourth-order valence-electron chi connectivity index (χ4n) is 2.49. The van der Waals surface area contributed by atoms with Crippen LogP contribution in [0.2, 0.25) is 0 Å². The van der Waals surface area contributed by atoms with E-state index in [2.05, 4.69) is 28.5 Å². The number of nitrogens with two attached hydrogens (primary N) is 3. The zero-order valence-corrected chi connectivity index (χ0v) is 15.4. The van der Waals surface area contributed by atoms with E-state index in [0.717, 1.165) is 10.9 Å². The van der Waals surface area contributed by atoms with E-state index < -0.39 is 11.9 Å². The molecule has 2 aromatic rings. The largest absolute Gasteiger partial charge is 0.481 e. The van der Waals surface area contributed by atoms with Crippen LogP contribution in [-0.4, -0.2) is 21.9 Å². The van der Waals surface area contributed by atoms with E-state index in [1.165, 1.54) is 5.56 Å². The number of nitrogen functional groups attached to an aromatic ring is 1. The average Bonchev–Trinajstić information content (AvgIpc) is 2.58. The first-order valence-corrected chi connectivity index (χ1v) is 8.34. The fourth-order valence-corrected chi connectivity index (χ4v) is 2.49. The predicted molar refractivity (Wildman–Crippen MR) is 105 cm³/mol. The highest BCUT2D eigenvalue weighted by atomic mass is 16.4. The number of pyridine rings is 1. The zero-order chi connectivity index (χ0) is 19.7. The topological polar surface area (TPSA) is 153 Å². The highest BCUT2D eigenvalue weighted by Crippen LogP contribution is 2.16. The molecule has 2 rings (SSSR count). The Morgan fingerprint density at radius 2 is 2.04 bits per heavy atom. The Bertz CT molecular complexity index is 724. The monoisotopic (exact) mass is 360 g/mol. The van der Waals surface area contributed by atoms with Gasteiger partial charge in [0.15, 0.2) is 0 Å².